The Labute approximate surface area is 83.6 Å². The minimum Gasteiger partial charge on any atom is -0.507 e. The van der Waals surface area contributed by atoms with Gasteiger partial charge in [0, 0.05) is 5.56 Å². The molecule has 0 aliphatic rings. The van der Waals surface area contributed by atoms with Crippen LogP contribution in [0.15, 0.2) is 48.5 Å². The van der Waals surface area contributed by atoms with Crippen LogP contribution in [0.4, 0.5) is 0 Å². The molecule has 0 fully saturated rings. The van der Waals surface area contributed by atoms with Crippen molar-refractivity contribution < 1.29 is 5.11 Å². The van der Waals surface area contributed by atoms with Crippen LogP contribution < -0.4 is 0 Å². The summed E-state index contributed by atoms with van der Waals surface area (Å²) in [6.07, 6.45) is 0. The Hall–Kier alpha value is -1.76. The Morgan fingerprint density at radius 2 is 1.57 bits per heavy atom. The van der Waals surface area contributed by atoms with Crippen molar-refractivity contribution in [1.82, 2.24) is 0 Å². The summed E-state index contributed by atoms with van der Waals surface area (Å²) in [6.45, 7) is 1.90. The van der Waals surface area contributed by atoms with E-state index in [2.05, 4.69) is 0 Å². The van der Waals surface area contributed by atoms with E-state index in [-0.39, 0.29) is 0 Å². The smallest absolute Gasteiger partial charge is 0.126 e. The lowest BCUT2D eigenvalue weighted by molar-refractivity contribution is 0.473. The van der Waals surface area contributed by atoms with E-state index in [1.807, 2.05) is 55.5 Å². The van der Waals surface area contributed by atoms with Gasteiger partial charge in [0.05, 0.1) is 0 Å². The summed E-state index contributed by atoms with van der Waals surface area (Å²) in [5.41, 5.74) is 2.85. The minimum absolute atomic E-state index is 0.374. The quantitative estimate of drug-likeness (QED) is 0.720. The van der Waals surface area contributed by atoms with Gasteiger partial charge in [-0.25, -0.2) is 0 Å². The third kappa shape index (κ3) is 1.49. The summed E-state index contributed by atoms with van der Waals surface area (Å²) in [5, 5.41) is 9.85. The van der Waals surface area contributed by atoms with Gasteiger partial charge < -0.3 is 5.11 Å². The molecule has 0 radical (unpaired) electrons. The van der Waals surface area contributed by atoms with Crippen molar-refractivity contribution in [3.8, 4) is 16.9 Å². The summed E-state index contributed by atoms with van der Waals surface area (Å²) in [4.78, 5) is 0. The molecule has 0 aliphatic carbocycles. The van der Waals surface area contributed by atoms with Crippen molar-refractivity contribution in [1.29, 1.82) is 0 Å². The van der Waals surface area contributed by atoms with E-state index in [0.717, 1.165) is 16.7 Å². The lowest BCUT2D eigenvalue weighted by Gasteiger charge is -2.06. The zero-order chi connectivity index (χ0) is 9.97. The Bertz CT molecular complexity index is 432. The third-order valence-electron chi connectivity index (χ3n) is 2.32. The second-order valence-electron chi connectivity index (χ2n) is 3.34. The fourth-order valence-corrected chi connectivity index (χ4v) is 1.51. The van der Waals surface area contributed by atoms with Crippen molar-refractivity contribution in [2.45, 2.75) is 6.92 Å². The van der Waals surface area contributed by atoms with Crippen molar-refractivity contribution in [3.05, 3.63) is 54.1 Å². The standard InChI is InChI=1S/C13H12O/c1-10-6-5-9-12(13(10)14)11-7-3-2-4-8-11/h2-9,14H,1H3. The van der Waals surface area contributed by atoms with Crippen LogP contribution in [0, 0.1) is 6.92 Å². The fourth-order valence-electron chi connectivity index (χ4n) is 1.51. The average molecular weight is 184 g/mol. The number of phenolic OH excluding ortho intramolecular Hbond substituents is 1. The molecule has 0 aliphatic heterocycles. The predicted molar refractivity (Wildman–Crippen MR) is 58.3 cm³/mol. The second kappa shape index (κ2) is 3.54. The monoisotopic (exact) mass is 184 g/mol. The van der Waals surface area contributed by atoms with E-state index in [1.54, 1.807) is 0 Å². The van der Waals surface area contributed by atoms with Crippen molar-refractivity contribution in [2.24, 2.45) is 0 Å². The molecule has 0 heterocycles. The summed E-state index contributed by atoms with van der Waals surface area (Å²) in [7, 11) is 0. The van der Waals surface area contributed by atoms with Gasteiger partial charge in [0.25, 0.3) is 0 Å². The molecule has 2 rings (SSSR count). The first-order chi connectivity index (χ1) is 6.79. The number of rotatable bonds is 1. The lowest BCUT2D eigenvalue weighted by Crippen LogP contribution is -1.81. The van der Waals surface area contributed by atoms with Crippen molar-refractivity contribution >= 4 is 0 Å². The van der Waals surface area contributed by atoms with Crippen LogP contribution in [-0.2, 0) is 0 Å². The normalized spacial score (nSPS) is 10.1. The van der Waals surface area contributed by atoms with Gasteiger partial charge in [0.2, 0.25) is 0 Å². The van der Waals surface area contributed by atoms with Crippen molar-refractivity contribution in [3.63, 3.8) is 0 Å². The number of phenols is 1. The molecule has 0 aromatic heterocycles. The second-order valence-corrected chi connectivity index (χ2v) is 3.34. The molecule has 14 heavy (non-hydrogen) atoms. The highest BCUT2D eigenvalue weighted by Gasteiger charge is 2.04. The van der Waals surface area contributed by atoms with Crippen LogP contribution in [0.2, 0.25) is 0 Å². The number of hydrogen-bond acceptors (Lipinski definition) is 1. The first-order valence-corrected chi connectivity index (χ1v) is 4.63. The molecule has 0 atom stereocenters. The van der Waals surface area contributed by atoms with E-state index in [9.17, 15) is 5.11 Å². The molecule has 1 N–H and O–H groups in total. The van der Waals surface area contributed by atoms with Crippen LogP contribution in [-0.4, -0.2) is 5.11 Å². The molecule has 2 aromatic rings. The van der Waals surface area contributed by atoms with Crippen LogP contribution in [0.1, 0.15) is 5.56 Å². The van der Waals surface area contributed by atoms with Crippen LogP contribution in [0.3, 0.4) is 0 Å². The molecule has 0 saturated carbocycles. The van der Waals surface area contributed by atoms with Gasteiger partial charge in [-0.05, 0) is 18.1 Å². The number of hydrogen-bond donors (Lipinski definition) is 1. The van der Waals surface area contributed by atoms with Gasteiger partial charge in [-0.3, -0.25) is 0 Å². The highest BCUT2D eigenvalue weighted by atomic mass is 16.3. The molecular formula is C13H12O. The molecule has 70 valence electrons. The molecule has 1 nitrogen and oxygen atoms in total. The summed E-state index contributed by atoms with van der Waals surface area (Å²) in [5.74, 6) is 0.374. The Morgan fingerprint density at radius 1 is 0.857 bits per heavy atom. The summed E-state index contributed by atoms with van der Waals surface area (Å²) < 4.78 is 0. The zero-order valence-corrected chi connectivity index (χ0v) is 8.07. The SMILES string of the molecule is Cc1cccc(-c2ccccc2)c1O. The number of aryl methyl sites for hydroxylation is 1. The zero-order valence-electron chi connectivity index (χ0n) is 8.07. The van der Waals surface area contributed by atoms with E-state index in [1.165, 1.54) is 0 Å². The maximum Gasteiger partial charge on any atom is 0.126 e. The Morgan fingerprint density at radius 3 is 2.29 bits per heavy atom. The fraction of sp³-hybridized carbons (Fsp3) is 0.0769. The van der Waals surface area contributed by atoms with Gasteiger partial charge in [0.1, 0.15) is 5.75 Å². The minimum atomic E-state index is 0.374. The topological polar surface area (TPSA) is 20.2 Å². The van der Waals surface area contributed by atoms with E-state index >= 15 is 0 Å². The lowest BCUT2D eigenvalue weighted by atomic mass is 10.0. The molecular weight excluding hydrogens is 172 g/mol. The van der Waals surface area contributed by atoms with Crippen LogP contribution in [0.5, 0.6) is 5.75 Å². The molecule has 1 heteroatoms. The summed E-state index contributed by atoms with van der Waals surface area (Å²) in [6, 6.07) is 15.7. The first-order valence-electron chi connectivity index (χ1n) is 4.63. The Kier molecular flexibility index (Phi) is 2.23. The number of para-hydroxylation sites is 1. The van der Waals surface area contributed by atoms with Crippen LogP contribution >= 0.6 is 0 Å². The molecule has 0 saturated heterocycles. The third-order valence-corrected chi connectivity index (χ3v) is 2.32. The first kappa shape index (κ1) is 8.82. The van der Waals surface area contributed by atoms with E-state index < -0.39 is 0 Å². The van der Waals surface area contributed by atoms with Crippen LogP contribution in [0.25, 0.3) is 11.1 Å². The average Bonchev–Trinajstić information content (AvgIpc) is 2.23. The summed E-state index contributed by atoms with van der Waals surface area (Å²) >= 11 is 0. The number of aromatic hydroxyl groups is 1. The maximum atomic E-state index is 9.85. The molecule has 0 spiro atoms. The molecule has 0 amide bonds. The van der Waals surface area contributed by atoms with Crippen molar-refractivity contribution in [2.75, 3.05) is 0 Å². The molecule has 2 aromatic carbocycles. The van der Waals surface area contributed by atoms with Gasteiger partial charge in [0.15, 0.2) is 0 Å². The number of benzene rings is 2. The van der Waals surface area contributed by atoms with Gasteiger partial charge in [-0.2, -0.15) is 0 Å². The molecule has 0 bridgehead atoms. The predicted octanol–water partition coefficient (Wildman–Crippen LogP) is 3.37. The van der Waals surface area contributed by atoms with Gasteiger partial charge >= 0.3 is 0 Å². The van der Waals surface area contributed by atoms with E-state index in [4.69, 9.17) is 0 Å². The largest absolute Gasteiger partial charge is 0.507 e. The maximum absolute atomic E-state index is 9.85. The highest BCUT2D eigenvalue weighted by Crippen LogP contribution is 2.31. The van der Waals surface area contributed by atoms with E-state index in [0.29, 0.717) is 5.75 Å². The van der Waals surface area contributed by atoms with Gasteiger partial charge in [-0.1, -0.05) is 48.5 Å². The molecule has 0 unspecified atom stereocenters. The Balaban J connectivity index is 2.58. The van der Waals surface area contributed by atoms with Gasteiger partial charge in [-0.15, -0.1) is 0 Å². The highest BCUT2D eigenvalue weighted by molar-refractivity contribution is 5.71.